The van der Waals surface area contributed by atoms with Crippen LogP contribution in [0, 0.1) is 6.92 Å². The van der Waals surface area contributed by atoms with E-state index in [1.54, 1.807) is 0 Å². The van der Waals surface area contributed by atoms with E-state index in [1.165, 1.54) is 5.56 Å². The van der Waals surface area contributed by atoms with Gasteiger partial charge in [0.05, 0.1) is 6.42 Å². The summed E-state index contributed by atoms with van der Waals surface area (Å²) in [4.78, 5) is 14.5. The van der Waals surface area contributed by atoms with Gasteiger partial charge < -0.3 is 10.2 Å². The Kier molecular flexibility index (Phi) is 5.18. The molecule has 1 aromatic carbocycles. The van der Waals surface area contributed by atoms with Crippen LogP contribution < -0.4 is 5.32 Å². The summed E-state index contributed by atoms with van der Waals surface area (Å²) in [7, 11) is 0. The fraction of sp³-hybridized carbons (Fsp3) is 0.588. The number of aryl methyl sites for hydroxylation is 1. The molecule has 0 aliphatic carbocycles. The van der Waals surface area contributed by atoms with Crippen molar-refractivity contribution in [3.63, 3.8) is 0 Å². The molecule has 3 heteroatoms. The van der Waals surface area contributed by atoms with Gasteiger partial charge >= 0.3 is 0 Å². The van der Waals surface area contributed by atoms with Crippen molar-refractivity contribution in [2.24, 2.45) is 0 Å². The first-order chi connectivity index (χ1) is 9.54. The lowest BCUT2D eigenvalue weighted by Crippen LogP contribution is -2.46. The number of piperidine rings is 1. The second-order valence-corrected chi connectivity index (χ2v) is 6.13. The monoisotopic (exact) mass is 274 g/mol. The fourth-order valence-corrected chi connectivity index (χ4v) is 2.73. The van der Waals surface area contributed by atoms with Gasteiger partial charge in [0.25, 0.3) is 0 Å². The van der Waals surface area contributed by atoms with Crippen molar-refractivity contribution in [3.8, 4) is 0 Å². The summed E-state index contributed by atoms with van der Waals surface area (Å²) in [5, 5.41) is 3.18. The van der Waals surface area contributed by atoms with Crippen molar-refractivity contribution in [3.05, 3.63) is 35.4 Å². The van der Waals surface area contributed by atoms with Crippen LogP contribution in [-0.4, -0.2) is 36.0 Å². The van der Waals surface area contributed by atoms with E-state index in [-0.39, 0.29) is 5.91 Å². The zero-order valence-electron chi connectivity index (χ0n) is 12.9. The van der Waals surface area contributed by atoms with E-state index in [2.05, 4.69) is 43.1 Å². The molecule has 1 aliphatic heterocycles. The number of likely N-dealkylation sites (tertiary alicyclic amines) is 1. The Bertz CT molecular complexity index is 431. The highest BCUT2D eigenvalue weighted by molar-refractivity contribution is 5.78. The van der Waals surface area contributed by atoms with E-state index >= 15 is 0 Å². The predicted molar refractivity (Wildman–Crippen MR) is 82.8 cm³/mol. The van der Waals surface area contributed by atoms with E-state index in [1.807, 2.05) is 12.1 Å². The van der Waals surface area contributed by atoms with Crippen LogP contribution >= 0.6 is 0 Å². The SMILES string of the molecule is Cc1ccc(CC(=O)NC2CCN(C(C)C)CC2)cc1. The third-order valence-electron chi connectivity index (χ3n) is 4.11. The summed E-state index contributed by atoms with van der Waals surface area (Å²) >= 11 is 0. The van der Waals surface area contributed by atoms with Crippen LogP contribution in [0.3, 0.4) is 0 Å². The minimum Gasteiger partial charge on any atom is -0.353 e. The first-order valence-electron chi connectivity index (χ1n) is 7.63. The maximum absolute atomic E-state index is 12.1. The van der Waals surface area contributed by atoms with Gasteiger partial charge in [0.1, 0.15) is 0 Å². The van der Waals surface area contributed by atoms with E-state index in [9.17, 15) is 4.79 Å². The summed E-state index contributed by atoms with van der Waals surface area (Å²) in [6, 6.07) is 9.15. The maximum Gasteiger partial charge on any atom is 0.224 e. The Hall–Kier alpha value is -1.35. The number of rotatable bonds is 4. The van der Waals surface area contributed by atoms with Crippen LogP contribution in [0.5, 0.6) is 0 Å². The molecule has 0 unspecified atom stereocenters. The van der Waals surface area contributed by atoms with Crippen LogP contribution in [0.4, 0.5) is 0 Å². The molecule has 0 spiro atoms. The first-order valence-corrected chi connectivity index (χ1v) is 7.63. The van der Waals surface area contributed by atoms with E-state index < -0.39 is 0 Å². The number of amides is 1. The molecule has 1 N–H and O–H groups in total. The number of carbonyl (C=O) groups excluding carboxylic acids is 1. The van der Waals surface area contributed by atoms with Gasteiger partial charge in [-0.3, -0.25) is 4.79 Å². The largest absolute Gasteiger partial charge is 0.353 e. The second kappa shape index (κ2) is 6.89. The molecule has 1 aliphatic rings. The summed E-state index contributed by atoms with van der Waals surface area (Å²) in [6.07, 6.45) is 2.63. The van der Waals surface area contributed by atoms with Crippen LogP contribution in [0.15, 0.2) is 24.3 Å². The van der Waals surface area contributed by atoms with Crippen molar-refractivity contribution < 1.29 is 4.79 Å². The van der Waals surface area contributed by atoms with Crippen LogP contribution in [0.25, 0.3) is 0 Å². The molecule has 20 heavy (non-hydrogen) atoms. The van der Waals surface area contributed by atoms with Crippen molar-refractivity contribution in [1.82, 2.24) is 10.2 Å². The maximum atomic E-state index is 12.1. The molecule has 0 atom stereocenters. The van der Waals surface area contributed by atoms with E-state index in [0.717, 1.165) is 31.5 Å². The molecular weight excluding hydrogens is 248 g/mol. The summed E-state index contributed by atoms with van der Waals surface area (Å²) < 4.78 is 0. The zero-order chi connectivity index (χ0) is 14.5. The van der Waals surface area contributed by atoms with Gasteiger partial charge in [0, 0.05) is 25.2 Å². The molecule has 1 fully saturated rings. The summed E-state index contributed by atoms with van der Waals surface area (Å²) in [5.41, 5.74) is 2.32. The quantitative estimate of drug-likeness (QED) is 0.915. The Morgan fingerprint density at radius 3 is 2.40 bits per heavy atom. The number of nitrogens with one attached hydrogen (secondary N) is 1. The van der Waals surface area contributed by atoms with Crippen molar-refractivity contribution >= 4 is 5.91 Å². The fourth-order valence-electron chi connectivity index (χ4n) is 2.73. The molecule has 0 aromatic heterocycles. The van der Waals surface area contributed by atoms with Gasteiger partial charge in [-0.05, 0) is 39.2 Å². The molecule has 0 saturated carbocycles. The number of hydrogen-bond acceptors (Lipinski definition) is 2. The minimum atomic E-state index is 0.150. The van der Waals surface area contributed by atoms with Crippen LogP contribution in [0.1, 0.15) is 37.8 Å². The smallest absolute Gasteiger partial charge is 0.224 e. The lowest BCUT2D eigenvalue weighted by atomic mass is 10.0. The van der Waals surface area contributed by atoms with Crippen LogP contribution in [0.2, 0.25) is 0 Å². The number of nitrogens with zero attached hydrogens (tertiary/aromatic N) is 1. The minimum absolute atomic E-state index is 0.150. The Morgan fingerprint density at radius 2 is 1.85 bits per heavy atom. The zero-order valence-corrected chi connectivity index (χ0v) is 12.9. The van der Waals surface area contributed by atoms with Gasteiger partial charge in [-0.15, -0.1) is 0 Å². The number of hydrogen-bond donors (Lipinski definition) is 1. The first kappa shape index (κ1) is 15.0. The Labute approximate surface area is 122 Å². The highest BCUT2D eigenvalue weighted by atomic mass is 16.1. The van der Waals surface area contributed by atoms with E-state index in [4.69, 9.17) is 0 Å². The number of benzene rings is 1. The molecule has 0 radical (unpaired) electrons. The lowest BCUT2D eigenvalue weighted by Gasteiger charge is -2.34. The second-order valence-electron chi connectivity index (χ2n) is 6.13. The standard InChI is InChI=1S/C17H26N2O/c1-13(2)19-10-8-16(9-11-19)18-17(20)12-15-6-4-14(3)5-7-15/h4-7,13,16H,8-12H2,1-3H3,(H,18,20). The average molecular weight is 274 g/mol. The lowest BCUT2D eigenvalue weighted by molar-refractivity contribution is -0.121. The Morgan fingerprint density at radius 1 is 1.25 bits per heavy atom. The predicted octanol–water partition coefficient (Wildman–Crippen LogP) is 2.53. The van der Waals surface area contributed by atoms with Crippen LogP contribution in [-0.2, 0) is 11.2 Å². The normalized spacial score (nSPS) is 17.4. The highest BCUT2D eigenvalue weighted by Crippen LogP contribution is 2.13. The van der Waals surface area contributed by atoms with Gasteiger partial charge in [-0.25, -0.2) is 0 Å². The van der Waals surface area contributed by atoms with Gasteiger partial charge in [0.2, 0.25) is 5.91 Å². The molecule has 1 saturated heterocycles. The molecule has 1 amide bonds. The topological polar surface area (TPSA) is 32.3 Å². The third-order valence-corrected chi connectivity index (χ3v) is 4.11. The molecule has 1 aromatic rings. The third kappa shape index (κ3) is 4.34. The molecule has 1 heterocycles. The average Bonchev–Trinajstić information content (AvgIpc) is 2.42. The number of carbonyl (C=O) groups is 1. The van der Waals surface area contributed by atoms with Gasteiger partial charge in [-0.2, -0.15) is 0 Å². The molecule has 2 rings (SSSR count). The summed E-state index contributed by atoms with van der Waals surface area (Å²) in [5.74, 6) is 0.150. The van der Waals surface area contributed by atoms with Crippen molar-refractivity contribution in [2.45, 2.75) is 52.1 Å². The molecule has 110 valence electrons. The Balaban J connectivity index is 1.77. The van der Waals surface area contributed by atoms with Gasteiger partial charge in [0.15, 0.2) is 0 Å². The molecule has 3 nitrogen and oxygen atoms in total. The van der Waals surface area contributed by atoms with Gasteiger partial charge in [-0.1, -0.05) is 29.8 Å². The highest BCUT2D eigenvalue weighted by Gasteiger charge is 2.21. The molecular formula is C17H26N2O. The van der Waals surface area contributed by atoms with Crippen molar-refractivity contribution in [2.75, 3.05) is 13.1 Å². The van der Waals surface area contributed by atoms with E-state index in [0.29, 0.717) is 18.5 Å². The summed E-state index contributed by atoms with van der Waals surface area (Å²) in [6.45, 7) is 8.71. The van der Waals surface area contributed by atoms with Crippen molar-refractivity contribution in [1.29, 1.82) is 0 Å². The molecule has 0 bridgehead atoms.